The first-order valence-electron chi connectivity index (χ1n) is 4.32. The predicted octanol–water partition coefficient (Wildman–Crippen LogP) is 1.24. The van der Waals surface area contributed by atoms with Crippen molar-refractivity contribution in [1.82, 2.24) is 9.61 Å². The Kier molecular flexibility index (Phi) is 2.00. The molecule has 76 valence electrons. The Balaban J connectivity index is 2.85. The van der Waals surface area contributed by atoms with Gasteiger partial charge in [0.2, 0.25) is 0 Å². The van der Waals surface area contributed by atoms with Crippen molar-refractivity contribution >= 4 is 17.3 Å². The van der Waals surface area contributed by atoms with Gasteiger partial charge in [-0.15, -0.1) is 0 Å². The van der Waals surface area contributed by atoms with Crippen molar-refractivity contribution < 1.29 is 14.7 Å². The van der Waals surface area contributed by atoms with E-state index in [9.17, 15) is 9.59 Å². The van der Waals surface area contributed by atoms with Gasteiger partial charge in [-0.05, 0) is 18.2 Å². The van der Waals surface area contributed by atoms with Crippen molar-refractivity contribution in [2.75, 3.05) is 0 Å². The van der Waals surface area contributed by atoms with Crippen LogP contribution in [0.15, 0.2) is 24.4 Å². The average Bonchev–Trinajstić information content (AvgIpc) is 2.56. The number of ketones is 1. The third-order valence-electron chi connectivity index (χ3n) is 2.13. The number of carbonyl (C=O) groups excluding carboxylic acids is 1. The highest BCUT2D eigenvalue weighted by atomic mass is 16.4. The number of Topliss-reactive ketones (excluding diaryl/α,β-unsaturated/α-hetero) is 1. The fourth-order valence-corrected chi connectivity index (χ4v) is 1.46. The highest BCUT2D eigenvalue weighted by Crippen LogP contribution is 2.15. The van der Waals surface area contributed by atoms with Gasteiger partial charge >= 0.3 is 5.97 Å². The van der Waals surface area contributed by atoms with Crippen LogP contribution in [0.2, 0.25) is 0 Å². The second kappa shape index (κ2) is 3.20. The Morgan fingerprint density at radius 2 is 2.20 bits per heavy atom. The molecule has 0 radical (unpaired) electrons. The summed E-state index contributed by atoms with van der Waals surface area (Å²) < 4.78 is 1.34. The second-order valence-corrected chi connectivity index (χ2v) is 3.13. The molecule has 0 aromatic carbocycles. The number of carboxylic acid groups (broad SMARTS) is 1. The van der Waals surface area contributed by atoms with E-state index >= 15 is 0 Å². The summed E-state index contributed by atoms with van der Waals surface area (Å²) in [5.41, 5.74) is 0.798. The minimum atomic E-state index is -1.06. The van der Waals surface area contributed by atoms with Crippen LogP contribution in [-0.2, 0) is 0 Å². The number of rotatable bonds is 2. The number of fused-ring (bicyclic) bond motifs is 1. The SMILES string of the molecule is CC(=O)c1cc(C(=O)O)c2cccnn12. The summed E-state index contributed by atoms with van der Waals surface area (Å²) in [5, 5.41) is 12.9. The van der Waals surface area contributed by atoms with E-state index in [1.54, 1.807) is 12.1 Å². The molecule has 0 unspecified atom stereocenters. The lowest BCUT2D eigenvalue weighted by Gasteiger charge is -1.95. The Bertz CT molecular complexity index is 509. The Hall–Kier alpha value is -2.17. The summed E-state index contributed by atoms with van der Waals surface area (Å²) >= 11 is 0. The summed E-state index contributed by atoms with van der Waals surface area (Å²) in [4.78, 5) is 22.1. The zero-order valence-corrected chi connectivity index (χ0v) is 7.97. The molecular formula is C10H8N2O3. The maximum Gasteiger partial charge on any atom is 0.337 e. The quantitative estimate of drug-likeness (QED) is 0.747. The Morgan fingerprint density at radius 3 is 2.80 bits per heavy atom. The van der Waals surface area contributed by atoms with Crippen LogP contribution in [-0.4, -0.2) is 26.5 Å². The van der Waals surface area contributed by atoms with Crippen LogP contribution in [0.1, 0.15) is 27.8 Å². The van der Waals surface area contributed by atoms with E-state index < -0.39 is 5.97 Å². The minimum Gasteiger partial charge on any atom is -0.478 e. The molecule has 0 fully saturated rings. The molecular weight excluding hydrogens is 196 g/mol. The van der Waals surface area contributed by atoms with Gasteiger partial charge in [0.1, 0.15) is 5.69 Å². The van der Waals surface area contributed by atoms with Crippen LogP contribution in [0.25, 0.3) is 5.52 Å². The van der Waals surface area contributed by atoms with Crippen LogP contribution in [0, 0.1) is 0 Å². The van der Waals surface area contributed by atoms with Crippen molar-refractivity contribution in [3.63, 3.8) is 0 Å². The monoisotopic (exact) mass is 204 g/mol. The van der Waals surface area contributed by atoms with Crippen LogP contribution >= 0.6 is 0 Å². The van der Waals surface area contributed by atoms with E-state index in [0.29, 0.717) is 5.52 Å². The molecule has 5 nitrogen and oxygen atoms in total. The first kappa shape index (κ1) is 9.39. The van der Waals surface area contributed by atoms with Gasteiger partial charge in [0.15, 0.2) is 5.78 Å². The van der Waals surface area contributed by atoms with Crippen LogP contribution in [0.5, 0.6) is 0 Å². The van der Waals surface area contributed by atoms with Gasteiger partial charge in [-0.25, -0.2) is 9.31 Å². The maximum absolute atomic E-state index is 11.2. The van der Waals surface area contributed by atoms with Crippen molar-refractivity contribution in [2.24, 2.45) is 0 Å². The number of aromatic carboxylic acids is 1. The van der Waals surface area contributed by atoms with Gasteiger partial charge < -0.3 is 5.11 Å². The van der Waals surface area contributed by atoms with Gasteiger partial charge in [-0.2, -0.15) is 5.10 Å². The smallest absolute Gasteiger partial charge is 0.337 e. The van der Waals surface area contributed by atoms with Crippen molar-refractivity contribution in [1.29, 1.82) is 0 Å². The zero-order valence-electron chi connectivity index (χ0n) is 7.97. The molecule has 2 aromatic heterocycles. The van der Waals surface area contributed by atoms with Crippen LogP contribution in [0.4, 0.5) is 0 Å². The number of hydrogen-bond acceptors (Lipinski definition) is 3. The molecule has 0 atom stereocenters. The molecule has 0 spiro atoms. The highest BCUT2D eigenvalue weighted by Gasteiger charge is 2.16. The average molecular weight is 204 g/mol. The Labute approximate surface area is 84.9 Å². The van der Waals surface area contributed by atoms with Gasteiger partial charge in [0, 0.05) is 13.1 Å². The summed E-state index contributed by atoms with van der Waals surface area (Å²) in [6, 6.07) is 4.58. The first-order valence-corrected chi connectivity index (χ1v) is 4.32. The van der Waals surface area contributed by atoms with E-state index in [-0.39, 0.29) is 17.0 Å². The molecule has 0 saturated heterocycles. The highest BCUT2D eigenvalue weighted by molar-refractivity contribution is 6.02. The topological polar surface area (TPSA) is 71.7 Å². The lowest BCUT2D eigenvalue weighted by atomic mass is 10.2. The van der Waals surface area contributed by atoms with Crippen LogP contribution in [0.3, 0.4) is 0 Å². The normalized spacial score (nSPS) is 10.5. The molecule has 0 aliphatic rings. The zero-order chi connectivity index (χ0) is 11.0. The molecule has 2 rings (SSSR count). The van der Waals surface area contributed by atoms with Crippen molar-refractivity contribution in [2.45, 2.75) is 6.92 Å². The number of hydrogen-bond donors (Lipinski definition) is 1. The fraction of sp³-hybridized carbons (Fsp3) is 0.100. The van der Waals surface area contributed by atoms with Crippen LogP contribution < -0.4 is 0 Å². The largest absolute Gasteiger partial charge is 0.478 e. The lowest BCUT2D eigenvalue weighted by Crippen LogP contribution is -2.00. The van der Waals surface area contributed by atoms with E-state index in [1.165, 1.54) is 23.7 Å². The minimum absolute atomic E-state index is 0.0910. The fourth-order valence-electron chi connectivity index (χ4n) is 1.46. The van der Waals surface area contributed by atoms with E-state index in [1.807, 2.05) is 0 Å². The summed E-state index contributed by atoms with van der Waals surface area (Å²) in [6.45, 7) is 1.38. The number of carboxylic acids is 1. The third kappa shape index (κ3) is 1.38. The molecule has 0 saturated carbocycles. The number of nitrogens with zero attached hydrogens (tertiary/aromatic N) is 2. The second-order valence-electron chi connectivity index (χ2n) is 3.13. The molecule has 0 bridgehead atoms. The molecule has 2 aromatic rings. The standard InChI is InChI=1S/C10H8N2O3/c1-6(13)9-5-7(10(14)15)8-3-2-4-11-12(8)9/h2-5H,1H3,(H,14,15). The summed E-state index contributed by atoms with van der Waals surface area (Å²) in [6.07, 6.45) is 1.51. The lowest BCUT2D eigenvalue weighted by molar-refractivity contribution is 0.0699. The maximum atomic E-state index is 11.2. The predicted molar refractivity (Wildman–Crippen MR) is 52.2 cm³/mol. The molecule has 5 heteroatoms. The number of carbonyl (C=O) groups is 2. The molecule has 1 N–H and O–H groups in total. The molecule has 0 aliphatic carbocycles. The summed E-state index contributed by atoms with van der Waals surface area (Å²) in [5.74, 6) is -1.27. The number of aromatic nitrogens is 2. The Morgan fingerprint density at radius 1 is 1.47 bits per heavy atom. The van der Waals surface area contributed by atoms with Gasteiger partial charge in [0.05, 0.1) is 11.1 Å². The molecule has 0 aliphatic heterocycles. The summed E-state index contributed by atoms with van der Waals surface area (Å²) in [7, 11) is 0. The van der Waals surface area contributed by atoms with Gasteiger partial charge in [0.25, 0.3) is 0 Å². The van der Waals surface area contributed by atoms with E-state index in [2.05, 4.69) is 5.10 Å². The third-order valence-corrected chi connectivity index (χ3v) is 2.13. The molecule has 15 heavy (non-hydrogen) atoms. The molecule has 0 amide bonds. The van der Waals surface area contributed by atoms with E-state index in [4.69, 9.17) is 5.11 Å². The molecule has 2 heterocycles. The van der Waals surface area contributed by atoms with Crippen molar-refractivity contribution in [3.05, 3.63) is 35.7 Å². The van der Waals surface area contributed by atoms with E-state index in [0.717, 1.165) is 0 Å². The van der Waals surface area contributed by atoms with Gasteiger partial charge in [-0.3, -0.25) is 4.79 Å². The van der Waals surface area contributed by atoms with Gasteiger partial charge in [-0.1, -0.05) is 0 Å². The van der Waals surface area contributed by atoms with Crippen molar-refractivity contribution in [3.8, 4) is 0 Å². The first-order chi connectivity index (χ1) is 7.11.